The van der Waals surface area contributed by atoms with Gasteiger partial charge >= 0.3 is 0 Å². The van der Waals surface area contributed by atoms with Crippen LogP contribution in [-0.4, -0.2) is 89.5 Å². The number of H-pyrrole nitrogens is 1. The number of pyridine rings is 1. The number of anilines is 1. The zero-order chi connectivity index (χ0) is 35.4. The molecule has 264 valence electrons. The summed E-state index contributed by atoms with van der Waals surface area (Å²) in [4.78, 5) is 40.3. The number of piperidine rings is 1. The van der Waals surface area contributed by atoms with Crippen LogP contribution in [0.1, 0.15) is 60.8 Å². The first-order valence-corrected chi connectivity index (χ1v) is 17.8. The number of hydrogen-bond acceptors (Lipinski definition) is 8. The Kier molecular flexibility index (Phi) is 10.1. The van der Waals surface area contributed by atoms with E-state index in [1.54, 1.807) is 19.4 Å². The van der Waals surface area contributed by atoms with E-state index in [-0.39, 0.29) is 18.4 Å². The zero-order valence-electron chi connectivity index (χ0n) is 29.2. The second-order valence-electron chi connectivity index (χ2n) is 14.1. The number of nitrogens with two attached hydrogens (primary N) is 1. The lowest BCUT2D eigenvalue weighted by molar-refractivity contribution is -0.134. The third-order valence-corrected chi connectivity index (χ3v) is 10.6. The summed E-state index contributed by atoms with van der Waals surface area (Å²) in [6, 6.07) is 18.3. The van der Waals surface area contributed by atoms with Crippen LogP contribution < -0.4 is 11.1 Å². The topological polar surface area (TPSA) is 142 Å². The molecular formula is C40H46N8O3. The van der Waals surface area contributed by atoms with E-state index in [4.69, 9.17) is 10.5 Å². The molecule has 0 radical (unpaired) electrons. The highest BCUT2D eigenvalue weighted by atomic mass is 16.5. The number of hydrogen-bond donors (Lipinski definition) is 3. The standard InChI is InChI=1S/C40H46N8O3/c1-27(42-17-3-16-41)28-4-6-29(7-5-28)30-13-19-48(20-14-30)37(49)24-47-21-15-40(25-47,26-51-2)39(50)44-33-10-11-35-34(23-33)38(46-45-35)32-12-18-43-36(22-32)31-8-9-31/h3-7,10-12,16-18,22-23,30-31H,1,8-9,13-15,19-21,24-26,41H2,2H3,(H,44,50)(H,45,46)/b16-3-,42-17-/t40-/m1/s1. The van der Waals surface area contributed by atoms with Crippen LogP contribution in [0.5, 0.6) is 0 Å². The molecule has 1 saturated carbocycles. The number of ether oxygens (including phenoxy) is 1. The number of amides is 2. The molecule has 0 bridgehead atoms. The maximum Gasteiger partial charge on any atom is 0.236 e. The molecule has 4 heterocycles. The molecule has 51 heavy (non-hydrogen) atoms. The van der Waals surface area contributed by atoms with Crippen LogP contribution >= 0.6 is 0 Å². The minimum atomic E-state index is -0.760. The predicted molar refractivity (Wildman–Crippen MR) is 201 cm³/mol. The van der Waals surface area contributed by atoms with Crippen molar-refractivity contribution in [1.82, 2.24) is 25.0 Å². The van der Waals surface area contributed by atoms with E-state index in [9.17, 15) is 9.59 Å². The Labute approximate surface area is 298 Å². The zero-order valence-corrected chi connectivity index (χ0v) is 29.2. The van der Waals surface area contributed by atoms with Crippen molar-refractivity contribution >= 4 is 40.3 Å². The summed E-state index contributed by atoms with van der Waals surface area (Å²) in [6.07, 6.45) is 11.4. The van der Waals surface area contributed by atoms with Gasteiger partial charge in [-0.05, 0) is 98.3 Å². The number of aromatic amines is 1. The maximum atomic E-state index is 13.9. The number of aromatic nitrogens is 3. The summed E-state index contributed by atoms with van der Waals surface area (Å²) in [5.41, 5.74) is 12.1. The van der Waals surface area contributed by atoms with Crippen molar-refractivity contribution in [2.75, 3.05) is 51.8 Å². The van der Waals surface area contributed by atoms with Crippen LogP contribution in [-0.2, 0) is 14.3 Å². The Balaban J connectivity index is 0.945. The van der Waals surface area contributed by atoms with Gasteiger partial charge in [0.15, 0.2) is 0 Å². The van der Waals surface area contributed by atoms with Crippen molar-refractivity contribution in [1.29, 1.82) is 0 Å². The Morgan fingerprint density at radius 3 is 2.63 bits per heavy atom. The number of allylic oxidation sites excluding steroid dienone is 1. The van der Waals surface area contributed by atoms with Crippen LogP contribution in [0, 0.1) is 5.41 Å². The molecule has 4 N–H and O–H groups in total. The van der Waals surface area contributed by atoms with Crippen LogP contribution in [0.2, 0.25) is 0 Å². The summed E-state index contributed by atoms with van der Waals surface area (Å²) in [5, 5.41) is 11.8. The number of nitrogens with zero attached hydrogens (tertiary/aromatic N) is 5. The molecule has 11 heteroatoms. The van der Waals surface area contributed by atoms with Gasteiger partial charge in [-0.1, -0.05) is 30.8 Å². The molecule has 3 aliphatic rings. The second-order valence-corrected chi connectivity index (χ2v) is 14.1. The Morgan fingerprint density at radius 2 is 1.88 bits per heavy atom. The molecule has 2 aromatic heterocycles. The Hall–Kier alpha value is -5.13. The summed E-state index contributed by atoms with van der Waals surface area (Å²) < 4.78 is 5.60. The minimum absolute atomic E-state index is 0.0989. The fraction of sp³-hybridized carbons (Fsp3) is 0.375. The summed E-state index contributed by atoms with van der Waals surface area (Å²) in [7, 11) is 1.63. The van der Waals surface area contributed by atoms with E-state index in [1.165, 1.54) is 24.6 Å². The SMILES string of the molecule is C=C(/N=C\C=C/N)c1ccc(C2CCN(C(=O)CN3CC[C@@](COC)(C(=O)Nc4ccc5[nH]nc(-c6ccnc(C7CC7)c6)c5c4)C3)CC2)cc1. The quantitative estimate of drug-likeness (QED) is 0.162. The first-order valence-electron chi connectivity index (χ1n) is 17.8. The van der Waals surface area contributed by atoms with Gasteiger partial charge in [-0.25, -0.2) is 0 Å². The van der Waals surface area contributed by atoms with Crippen molar-refractivity contribution < 1.29 is 14.3 Å². The van der Waals surface area contributed by atoms with Gasteiger partial charge < -0.3 is 20.7 Å². The highest BCUT2D eigenvalue weighted by Crippen LogP contribution is 2.40. The number of carbonyl (C=O) groups excluding carboxylic acids is 2. The van der Waals surface area contributed by atoms with Crippen LogP contribution in [0.25, 0.3) is 27.9 Å². The van der Waals surface area contributed by atoms with Gasteiger partial charge in [0.05, 0.1) is 29.8 Å². The fourth-order valence-corrected chi connectivity index (χ4v) is 7.47. The van der Waals surface area contributed by atoms with E-state index in [2.05, 4.69) is 55.2 Å². The van der Waals surface area contributed by atoms with Crippen LogP contribution in [0.4, 0.5) is 5.69 Å². The van der Waals surface area contributed by atoms with Crippen LogP contribution in [0.3, 0.4) is 0 Å². The summed E-state index contributed by atoms with van der Waals surface area (Å²) >= 11 is 0. The molecular weight excluding hydrogens is 640 g/mol. The lowest BCUT2D eigenvalue weighted by atomic mass is 9.86. The van der Waals surface area contributed by atoms with Crippen molar-refractivity contribution in [2.45, 2.75) is 43.9 Å². The molecule has 7 rings (SSSR count). The molecule has 3 fully saturated rings. The summed E-state index contributed by atoms with van der Waals surface area (Å²) in [5.74, 6) is 0.949. The van der Waals surface area contributed by atoms with Crippen molar-refractivity contribution in [2.24, 2.45) is 16.1 Å². The number of benzene rings is 2. The lowest BCUT2D eigenvalue weighted by Gasteiger charge is -2.33. The highest BCUT2D eigenvalue weighted by Gasteiger charge is 2.45. The average molecular weight is 687 g/mol. The van der Waals surface area contributed by atoms with Gasteiger partial charge in [0.1, 0.15) is 5.69 Å². The number of carbonyl (C=O) groups is 2. The molecule has 1 atom stereocenters. The fourth-order valence-electron chi connectivity index (χ4n) is 7.47. The average Bonchev–Trinajstić information content (AvgIpc) is 3.81. The third-order valence-electron chi connectivity index (χ3n) is 10.6. The molecule has 1 aliphatic carbocycles. The molecule has 4 aromatic rings. The predicted octanol–water partition coefficient (Wildman–Crippen LogP) is 5.70. The molecule has 0 unspecified atom stereocenters. The number of likely N-dealkylation sites (tertiary alicyclic amines) is 2. The maximum absolute atomic E-state index is 13.9. The molecule has 2 amide bonds. The minimum Gasteiger partial charge on any atom is -0.405 e. The van der Waals surface area contributed by atoms with Crippen molar-refractivity contribution in [3.63, 3.8) is 0 Å². The number of aliphatic imine (C=N–C) groups is 1. The van der Waals surface area contributed by atoms with Gasteiger partial charge in [-0.15, -0.1) is 0 Å². The lowest BCUT2D eigenvalue weighted by Crippen LogP contribution is -2.46. The molecule has 2 saturated heterocycles. The van der Waals surface area contributed by atoms with E-state index < -0.39 is 5.41 Å². The van der Waals surface area contributed by atoms with Crippen LogP contribution in [0.15, 0.2) is 84.6 Å². The van der Waals surface area contributed by atoms with E-state index in [1.807, 2.05) is 47.5 Å². The smallest absolute Gasteiger partial charge is 0.236 e. The second kappa shape index (κ2) is 15.0. The summed E-state index contributed by atoms with van der Waals surface area (Å²) in [6.45, 7) is 7.13. The number of methoxy groups -OCH3 is 1. The number of fused-ring (bicyclic) bond motifs is 1. The van der Waals surface area contributed by atoms with E-state index in [0.29, 0.717) is 62.4 Å². The van der Waals surface area contributed by atoms with Gasteiger partial charge in [-0.2, -0.15) is 5.10 Å². The third kappa shape index (κ3) is 7.64. The van der Waals surface area contributed by atoms with Gasteiger partial charge in [0.25, 0.3) is 0 Å². The van der Waals surface area contributed by atoms with E-state index in [0.717, 1.165) is 46.3 Å². The monoisotopic (exact) mass is 686 g/mol. The largest absolute Gasteiger partial charge is 0.405 e. The first kappa shape index (κ1) is 34.3. The molecule has 11 nitrogen and oxygen atoms in total. The van der Waals surface area contributed by atoms with Gasteiger partial charge in [-0.3, -0.25) is 29.6 Å². The Morgan fingerprint density at radius 1 is 1.08 bits per heavy atom. The van der Waals surface area contributed by atoms with Crippen molar-refractivity contribution in [3.8, 4) is 11.3 Å². The number of nitrogens with one attached hydrogen (secondary N) is 2. The van der Waals surface area contributed by atoms with Crippen molar-refractivity contribution in [3.05, 3.63) is 96.5 Å². The molecule has 2 aliphatic heterocycles. The van der Waals surface area contributed by atoms with Gasteiger partial charge in [0, 0.05) is 67.4 Å². The highest BCUT2D eigenvalue weighted by molar-refractivity contribution is 6.00. The molecule has 2 aromatic carbocycles. The molecule has 0 spiro atoms. The number of rotatable bonds is 12. The van der Waals surface area contributed by atoms with Gasteiger partial charge in [0.2, 0.25) is 11.8 Å². The normalized spacial score (nSPS) is 20.1. The first-order chi connectivity index (χ1) is 24.9. The Bertz CT molecular complexity index is 1960. The van der Waals surface area contributed by atoms with E-state index >= 15 is 0 Å².